The van der Waals surface area contributed by atoms with Crippen molar-refractivity contribution in [2.24, 2.45) is 0 Å². The van der Waals surface area contributed by atoms with E-state index in [9.17, 15) is 0 Å². The summed E-state index contributed by atoms with van der Waals surface area (Å²) in [6.45, 7) is 9.41. The number of anilines is 3. The number of hydrogen-bond acceptors (Lipinski definition) is 4. The number of aromatic nitrogens is 1. The smallest absolute Gasteiger partial charge is 0.227 e. The fourth-order valence-corrected chi connectivity index (χ4v) is 10.1. The van der Waals surface area contributed by atoms with Gasteiger partial charge in [-0.05, 0) is 81.2 Å². The summed E-state index contributed by atoms with van der Waals surface area (Å²) in [5.74, 6) is 0.605. The second-order valence-electron chi connectivity index (χ2n) is 16.7. The predicted octanol–water partition coefficient (Wildman–Crippen LogP) is 14.6. The maximum absolute atomic E-state index is 6.96. The van der Waals surface area contributed by atoms with E-state index in [4.69, 9.17) is 13.8 Å². The molecule has 0 spiro atoms. The molecule has 0 amide bonds. The lowest BCUT2D eigenvalue weighted by Crippen LogP contribution is -2.17. The van der Waals surface area contributed by atoms with E-state index in [1.165, 1.54) is 44.5 Å². The topological polar surface area (TPSA) is 42.4 Å². The molecule has 10 aromatic rings. The number of oxazole rings is 1. The third kappa shape index (κ3) is 4.36. The molecule has 0 radical (unpaired) electrons. The van der Waals surface area contributed by atoms with Crippen molar-refractivity contribution in [2.75, 3.05) is 4.90 Å². The van der Waals surface area contributed by atoms with E-state index in [1.54, 1.807) is 0 Å². The van der Waals surface area contributed by atoms with Crippen molar-refractivity contribution in [2.45, 2.75) is 38.5 Å². The number of rotatable bonds is 4. The fraction of sp³-hybridized carbons (Fsp3) is 0.113. The lowest BCUT2D eigenvalue weighted by atomic mass is 9.82. The van der Waals surface area contributed by atoms with Gasteiger partial charge in [0.05, 0.1) is 11.4 Å². The number of hydrogen-bond donors (Lipinski definition) is 0. The molecule has 12 rings (SSSR count). The zero-order valence-electron chi connectivity index (χ0n) is 32.2. The third-order valence-electron chi connectivity index (χ3n) is 12.9. The molecule has 0 saturated carbocycles. The van der Waals surface area contributed by atoms with Crippen LogP contribution in [0.5, 0.6) is 0 Å². The fourth-order valence-electron chi connectivity index (χ4n) is 10.1. The highest BCUT2D eigenvalue weighted by molar-refractivity contribution is 6.19. The molecule has 2 aromatic heterocycles. The standard InChI is InChI=1S/C53H38N2O2/c1-52(2)39-19-9-7-17-35(39)48-41(52)21-13-24-44(48)55(45-25-14-22-42-49(45)36-18-8-10-20-40(36)53(42,3)4)31-27-28-33-37-30-38(51-54-43-23-11-12-26-46(43)57-51)32-15-5-6-16-34(32)50(37)56-47(33)29-31/h5-30H,1-4H3. The highest BCUT2D eigenvalue weighted by Gasteiger charge is 2.40. The molecule has 4 nitrogen and oxygen atoms in total. The largest absolute Gasteiger partial charge is 0.455 e. The van der Waals surface area contributed by atoms with Crippen LogP contribution in [-0.4, -0.2) is 4.98 Å². The Labute approximate surface area is 330 Å². The normalized spacial score (nSPS) is 14.6. The molecule has 0 atom stereocenters. The first-order chi connectivity index (χ1) is 27.8. The van der Waals surface area contributed by atoms with Crippen molar-refractivity contribution in [1.82, 2.24) is 4.98 Å². The number of benzene rings is 8. The maximum atomic E-state index is 6.96. The average Bonchev–Trinajstić information content (AvgIpc) is 3.96. The van der Waals surface area contributed by atoms with E-state index in [1.807, 2.05) is 24.3 Å². The summed E-state index contributed by atoms with van der Waals surface area (Å²) in [6, 6.07) is 56.8. The van der Waals surface area contributed by atoms with Crippen LogP contribution >= 0.6 is 0 Å². The van der Waals surface area contributed by atoms with Crippen LogP contribution in [0.2, 0.25) is 0 Å². The van der Waals surface area contributed by atoms with Crippen molar-refractivity contribution < 1.29 is 8.83 Å². The molecule has 0 N–H and O–H groups in total. The Morgan fingerprint density at radius 2 is 1.02 bits per heavy atom. The van der Waals surface area contributed by atoms with Gasteiger partial charge in [0.15, 0.2) is 5.58 Å². The first-order valence-electron chi connectivity index (χ1n) is 19.8. The van der Waals surface area contributed by atoms with Crippen LogP contribution < -0.4 is 4.90 Å². The van der Waals surface area contributed by atoms with E-state index in [-0.39, 0.29) is 10.8 Å². The van der Waals surface area contributed by atoms with Gasteiger partial charge in [0.25, 0.3) is 0 Å². The second kappa shape index (κ2) is 11.3. The monoisotopic (exact) mass is 734 g/mol. The van der Waals surface area contributed by atoms with Gasteiger partial charge in [-0.3, -0.25) is 0 Å². The number of para-hydroxylation sites is 2. The van der Waals surface area contributed by atoms with Crippen molar-refractivity contribution in [1.29, 1.82) is 0 Å². The minimum atomic E-state index is -0.142. The predicted molar refractivity (Wildman–Crippen MR) is 234 cm³/mol. The summed E-state index contributed by atoms with van der Waals surface area (Å²) in [5.41, 5.74) is 17.8. The minimum Gasteiger partial charge on any atom is -0.455 e. The van der Waals surface area contributed by atoms with Crippen LogP contribution in [0.3, 0.4) is 0 Å². The van der Waals surface area contributed by atoms with Crippen LogP contribution in [0.1, 0.15) is 49.9 Å². The molecule has 2 heterocycles. The lowest BCUT2D eigenvalue weighted by Gasteiger charge is -2.31. The first kappa shape index (κ1) is 32.3. The molecule has 0 aliphatic heterocycles. The van der Waals surface area contributed by atoms with E-state index in [0.29, 0.717) is 5.89 Å². The number of nitrogens with zero attached hydrogens (tertiary/aromatic N) is 2. The molecule has 8 aromatic carbocycles. The third-order valence-corrected chi connectivity index (χ3v) is 12.9. The molecule has 0 saturated heterocycles. The van der Waals surface area contributed by atoms with Crippen LogP contribution in [0.4, 0.5) is 17.1 Å². The Hall–Kier alpha value is -6.91. The van der Waals surface area contributed by atoms with E-state index in [2.05, 4.69) is 166 Å². The summed E-state index contributed by atoms with van der Waals surface area (Å²) in [5, 5.41) is 4.15. The molecule has 0 bridgehead atoms. The van der Waals surface area contributed by atoms with Crippen LogP contribution in [-0.2, 0) is 10.8 Å². The van der Waals surface area contributed by atoms with Gasteiger partial charge in [-0.1, -0.05) is 137 Å². The van der Waals surface area contributed by atoms with Gasteiger partial charge in [0.2, 0.25) is 5.89 Å². The second-order valence-corrected chi connectivity index (χ2v) is 16.7. The van der Waals surface area contributed by atoms with E-state index >= 15 is 0 Å². The molecule has 272 valence electrons. The van der Waals surface area contributed by atoms with Gasteiger partial charge < -0.3 is 13.7 Å². The molecular formula is C53H38N2O2. The van der Waals surface area contributed by atoms with Crippen molar-refractivity contribution in [3.05, 3.63) is 180 Å². The molecule has 4 heteroatoms. The highest BCUT2D eigenvalue weighted by Crippen LogP contribution is 2.58. The van der Waals surface area contributed by atoms with Gasteiger partial charge in [-0.25, -0.2) is 4.98 Å². The average molecular weight is 735 g/mol. The minimum absolute atomic E-state index is 0.142. The summed E-state index contributed by atoms with van der Waals surface area (Å²) < 4.78 is 13.3. The summed E-state index contributed by atoms with van der Waals surface area (Å²) >= 11 is 0. The quantitative estimate of drug-likeness (QED) is 0.181. The summed E-state index contributed by atoms with van der Waals surface area (Å²) in [4.78, 5) is 7.40. The Morgan fingerprint density at radius 3 is 1.68 bits per heavy atom. The Kier molecular flexibility index (Phi) is 6.43. The highest BCUT2D eigenvalue weighted by atomic mass is 16.3. The van der Waals surface area contributed by atoms with Gasteiger partial charge in [-0.2, -0.15) is 0 Å². The zero-order chi connectivity index (χ0) is 38.2. The van der Waals surface area contributed by atoms with Crippen LogP contribution in [0.15, 0.2) is 167 Å². The summed E-state index contributed by atoms with van der Waals surface area (Å²) in [7, 11) is 0. The van der Waals surface area contributed by atoms with E-state index in [0.717, 1.165) is 66.4 Å². The SMILES string of the molecule is CC1(C)c2ccccc2-c2c(N(c3ccc4c(c3)oc3c5ccccc5c(-c5nc6ccccc6o5)cc43)c3cccc4c3-c3ccccc3C4(C)C)cccc21. The van der Waals surface area contributed by atoms with Crippen molar-refractivity contribution in [3.63, 3.8) is 0 Å². The summed E-state index contributed by atoms with van der Waals surface area (Å²) in [6.07, 6.45) is 0. The lowest BCUT2D eigenvalue weighted by molar-refractivity contribution is 0.620. The van der Waals surface area contributed by atoms with Crippen LogP contribution in [0.25, 0.3) is 77.5 Å². The van der Waals surface area contributed by atoms with Crippen molar-refractivity contribution in [3.8, 4) is 33.7 Å². The van der Waals surface area contributed by atoms with Gasteiger partial charge in [0.1, 0.15) is 16.7 Å². The maximum Gasteiger partial charge on any atom is 0.227 e. The van der Waals surface area contributed by atoms with Crippen LogP contribution in [0, 0.1) is 0 Å². The Bertz CT molecular complexity index is 3180. The zero-order valence-corrected chi connectivity index (χ0v) is 32.2. The van der Waals surface area contributed by atoms with Crippen molar-refractivity contribution >= 4 is 60.9 Å². The molecule has 0 fully saturated rings. The van der Waals surface area contributed by atoms with Gasteiger partial charge in [0, 0.05) is 55.4 Å². The number of furan rings is 1. The van der Waals surface area contributed by atoms with Gasteiger partial charge >= 0.3 is 0 Å². The first-order valence-corrected chi connectivity index (χ1v) is 19.8. The Morgan fingerprint density at radius 1 is 0.439 bits per heavy atom. The molecule has 2 aliphatic rings. The number of fused-ring (bicyclic) bond motifs is 12. The molecule has 57 heavy (non-hydrogen) atoms. The molecule has 2 aliphatic carbocycles. The van der Waals surface area contributed by atoms with Gasteiger partial charge in [-0.15, -0.1) is 0 Å². The molecule has 0 unspecified atom stereocenters. The molecular weight excluding hydrogens is 697 g/mol. The Balaban J connectivity index is 1.13. The van der Waals surface area contributed by atoms with E-state index < -0.39 is 0 Å².